The van der Waals surface area contributed by atoms with Gasteiger partial charge >= 0.3 is 0 Å². The Labute approximate surface area is 94.0 Å². The van der Waals surface area contributed by atoms with E-state index in [-0.39, 0.29) is 16.7 Å². The largest absolute Gasteiger partial charge is 0.264 e. The fourth-order valence-electron chi connectivity index (χ4n) is 1.37. The lowest BCUT2D eigenvalue weighted by Gasteiger charge is -2.11. The Bertz CT molecular complexity index is 324. The van der Waals surface area contributed by atoms with Gasteiger partial charge in [-0.15, -0.1) is 11.8 Å². The van der Waals surface area contributed by atoms with Crippen LogP contribution in [0.5, 0.6) is 0 Å². The van der Waals surface area contributed by atoms with Gasteiger partial charge in [-0.1, -0.05) is 36.8 Å². The first kappa shape index (κ1) is 12.0. The SMILES string of the molecule is CCSC(C[N+](=O)[O-])c1ccc(C)cc1. The molecule has 15 heavy (non-hydrogen) atoms. The van der Waals surface area contributed by atoms with Gasteiger partial charge in [0.2, 0.25) is 6.54 Å². The first-order valence-corrected chi connectivity index (χ1v) is 5.98. The van der Waals surface area contributed by atoms with E-state index in [1.807, 2.05) is 38.1 Å². The number of rotatable bonds is 5. The zero-order valence-electron chi connectivity index (χ0n) is 8.97. The topological polar surface area (TPSA) is 43.1 Å². The van der Waals surface area contributed by atoms with Gasteiger partial charge in [0.25, 0.3) is 0 Å². The van der Waals surface area contributed by atoms with Crippen LogP contribution in [0.1, 0.15) is 23.3 Å². The minimum Gasteiger partial charge on any atom is -0.264 e. The highest BCUT2D eigenvalue weighted by atomic mass is 32.2. The molecule has 1 atom stereocenters. The summed E-state index contributed by atoms with van der Waals surface area (Å²) in [5.74, 6) is 0.895. The van der Waals surface area contributed by atoms with E-state index in [0.717, 1.165) is 11.3 Å². The molecule has 1 aromatic carbocycles. The number of nitrogens with zero attached hydrogens (tertiary/aromatic N) is 1. The van der Waals surface area contributed by atoms with Crippen LogP contribution in [0.15, 0.2) is 24.3 Å². The monoisotopic (exact) mass is 225 g/mol. The molecule has 1 aromatic rings. The van der Waals surface area contributed by atoms with Crippen LogP contribution >= 0.6 is 11.8 Å². The van der Waals surface area contributed by atoms with Gasteiger partial charge in [0.15, 0.2) is 0 Å². The molecule has 1 unspecified atom stereocenters. The molecule has 0 bridgehead atoms. The number of hydrogen-bond acceptors (Lipinski definition) is 3. The summed E-state index contributed by atoms with van der Waals surface area (Å²) in [6.07, 6.45) is 0. The molecule has 0 saturated heterocycles. The molecule has 0 radical (unpaired) electrons. The molecule has 4 heteroatoms. The van der Waals surface area contributed by atoms with Crippen LogP contribution < -0.4 is 0 Å². The normalized spacial score (nSPS) is 12.4. The van der Waals surface area contributed by atoms with Gasteiger partial charge in [-0.2, -0.15) is 0 Å². The van der Waals surface area contributed by atoms with Crippen LogP contribution in [-0.2, 0) is 0 Å². The molecule has 0 aromatic heterocycles. The third-order valence-corrected chi connectivity index (χ3v) is 3.29. The molecule has 82 valence electrons. The molecule has 0 aliphatic heterocycles. The van der Waals surface area contributed by atoms with Crippen molar-refractivity contribution in [2.75, 3.05) is 12.3 Å². The van der Waals surface area contributed by atoms with Crippen molar-refractivity contribution in [3.05, 3.63) is 45.5 Å². The second kappa shape index (κ2) is 5.75. The summed E-state index contributed by atoms with van der Waals surface area (Å²) in [5.41, 5.74) is 2.23. The van der Waals surface area contributed by atoms with Crippen LogP contribution in [0.25, 0.3) is 0 Å². The minimum absolute atomic E-state index is 0.00156. The third kappa shape index (κ3) is 3.91. The number of nitro groups is 1. The molecule has 0 heterocycles. The second-order valence-electron chi connectivity index (χ2n) is 3.37. The highest BCUT2D eigenvalue weighted by Gasteiger charge is 2.16. The summed E-state index contributed by atoms with van der Waals surface area (Å²) in [7, 11) is 0. The van der Waals surface area contributed by atoms with E-state index < -0.39 is 0 Å². The fraction of sp³-hybridized carbons (Fsp3) is 0.455. The molecule has 0 saturated carbocycles. The van der Waals surface area contributed by atoms with Gasteiger partial charge in [0, 0.05) is 4.92 Å². The van der Waals surface area contributed by atoms with Gasteiger partial charge in [-0.05, 0) is 18.2 Å². The number of benzene rings is 1. The van der Waals surface area contributed by atoms with E-state index in [4.69, 9.17) is 0 Å². The van der Waals surface area contributed by atoms with Gasteiger partial charge in [0.1, 0.15) is 0 Å². The van der Waals surface area contributed by atoms with E-state index >= 15 is 0 Å². The van der Waals surface area contributed by atoms with Crippen molar-refractivity contribution in [2.45, 2.75) is 19.1 Å². The van der Waals surface area contributed by atoms with Crippen LogP contribution in [0.4, 0.5) is 0 Å². The van der Waals surface area contributed by atoms with Crippen molar-refractivity contribution in [1.82, 2.24) is 0 Å². The fourth-order valence-corrected chi connectivity index (χ4v) is 2.35. The first-order chi connectivity index (χ1) is 7.13. The molecule has 0 aliphatic carbocycles. The van der Waals surface area contributed by atoms with Crippen molar-refractivity contribution >= 4 is 11.8 Å². The smallest absolute Gasteiger partial charge is 0.219 e. The first-order valence-electron chi connectivity index (χ1n) is 4.93. The summed E-state index contributed by atoms with van der Waals surface area (Å²) in [6, 6.07) is 7.95. The lowest BCUT2D eigenvalue weighted by atomic mass is 10.1. The Morgan fingerprint density at radius 1 is 1.40 bits per heavy atom. The highest BCUT2D eigenvalue weighted by Crippen LogP contribution is 2.28. The van der Waals surface area contributed by atoms with Crippen molar-refractivity contribution < 1.29 is 4.92 Å². The molecular weight excluding hydrogens is 210 g/mol. The van der Waals surface area contributed by atoms with Gasteiger partial charge in [0.05, 0.1) is 5.25 Å². The lowest BCUT2D eigenvalue weighted by Crippen LogP contribution is -2.10. The van der Waals surface area contributed by atoms with Gasteiger partial charge in [-0.3, -0.25) is 10.1 Å². The molecule has 0 N–H and O–H groups in total. The standard InChI is InChI=1S/C11H15NO2S/c1-3-15-11(8-12(13)14)10-6-4-9(2)5-7-10/h4-7,11H,3,8H2,1-2H3. The molecule has 3 nitrogen and oxygen atoms in total. The summed E-state index contributed by atoms with van der Waals surface area (Å²) in [6.45, 7) is 4.03. The molecule has 1 rings (SSSR count). The van der Waals surface area contributed by atoms with E-state index in [9.17, 15) is 10.1 Å². The quantitative estimate of drug-likeness (QED) is 0.571. The predicted molar refractivity (Wildman–Crippen MR) is 63.9 cm³/mol. The Kier molecular flexibility index (Phi) is 4.62. The third-order valence-electron chi connectivity index (χ3n) is 2.13. The van der Waals surface area contributed by atoms with E-state index in [2.05, 4.69) is 0 Å². The Balaban J connectivity index is 2.78. The van der Waals surface area contributed by atoms with Crippen molar-refractivity contribution in [2.24, 2.45) is 0 Å². The van der Waals surface area contributed by atoms with Crippen LogP contribution in [0.2, 0.25) is 0 Å². The number of thioether (sulfide) groups is 1. The maximum atomic E-state index is 10.5. The summed E-state index contributed by atoms with van der Waals surface area (Å²) in [5, 5.41) is 10.5. The van der Waals surface area contributed by atoms with Crippen LogP contribution in [0, 0.1) is 17.0 Å². The molecular formula is C11H15NO2S. The second-order valence-corrected chi connectivity index (χ2v) is 4.85. The van der Waals surface area contributed by atoms with Crippen molar-refractivity contribution in [3.63, 3.8) is 0 Å². The summed E-state index contributed by atoms with van der Waals surface area (Å²) >= 11 is 1.62. The Hall–Kier alpha value is -1.03. The summed E-state index contributed by atoms with van der Waals surface area (Å²) in [4.78, 5) is 10.3. The van der Waals surface area contributed by atoms with Crippen LogP contribution in [0.3, 0.4) is 0 Å². The average molecular weight is 225 g/mol. The Morgan fingerprint density at radius 3 is 2.47 bits per heavy atom. The molecule has 0 fully saturated rings. The molecule has 0 aliphatic rings. The Morgan fingerprint density at radius 2 is 2.00 bits per heavy atom. The zero-order valence-corrected chi connectivity index (χ0v) is 9.79. The predicted octanol–water partition coefficient (Wildman–Crippen LogP) is 3.07. The number of hydrogen-bond donors (Lipinski definition) is 0. The van der Waals surface area contributed by atoms with Crippen molar-refractivity contribution in [1.29, 1.82) is 0 Å². The van der Waals surface area contributed by atoms with Crippen LogP contribution in [-0.4, -0.2) is 17.2 Å². The van der Waals surface area contributed by atoms with E-state index in [0.29, 0.717) is 0 Å². The lowest BCUT2D eigenvalue weighted by molar-refractivity contribution is -0.479. The minimum atomic E-state index is -0.243. The molecule has 0 amide bonds. The number of aryl methyl sites for hydroxylation is 1. The van der Waals surface area contributed by atoms with Crippen molar-refractivity contribution in [3.8, 4) is 0 Å². The van der Waals surface area contributed by atoms with Gasteiger partial charge in [-0.25, -0.2) is 0 Å². The summed E-state index contributed by atoms with van der Waals surface area (Å²) < 4.78 is 0. The van der Waals surface area contributed by atoms with Gasteiger partial charge < -0.3 is 0 Å². The zero-order chi connectivity index (χ0) is 11.3. The molecule has 0 spiro atoms. The maximum absolute atomic E-state index is 10.5. The van der Waals surface area contributed by atoms with E-state index in [1.165, 1.54) is 5.56 Å². The maximum Gasteiger partial charge on any atom is 0.219 e. The van der Waals surface area contributed by atoms with E-state index in [1.54, 1.807) is 11.8 Å². The average Bonchev–Trinajstić information content (AvgIpc) is 2.17. The highest BCUT2D eigenvalue weighted by molar-refractivity contribution is 7.99.